The number of aromatic amines is 1. The highest BCUT2D eigenvalue weighted by Gasteiger charge is 2.67. The monoisotopic (exact) mass is 258 g/mol. The summed E-state index contributed by atoms with van der Waals surface area (Å²) in [6.45, 7) is 0.949. The summed E-state index contributed by atoms with van der Waals surface area (Å²) >= 11 is 0. The largest absolute Gasteiger partial charge is 0.465 e. The smallest absolute Gasteiger partial charge is 0.339 e. The van der Waals surface area contributed by atoms with E-state index in [0.717, 1.165) is 24.2 Å². The van der Waals surface area contributed by atoms with E-state index in [2.05, 4.69) is 9.88 Å². The number of likely N-dealkylation sites (N-methyl/N-ethyl adjacent to an activating group) is 1. The zero-order chi connectivity index (χ0) is 13.4. The molecule has 1 aromatic rings. The fourth-order valence-corrected chi connectivity index (χ4v) is 3.85. The van der Waals surface area contributed by atoms with E-state index < -0.39 is 0 Å². The van der Waals surface area contributed by atoms with Crippen LogP contribution < -0.4 is 0 Å². The Morgan fingerprint density at radius 3 is 3.11 bits per heavy atom. The van der Waals surface area contributed by atoms with Crippen molar-refractivity contribution in [3.8, 4) is 0 Å². The summed E-state index contributed by atoms with van der Waals surface area (Å²) in [5.74, 6) is 0.0844. The van der Waals surface area contributed by atoms with Gasteiger partial charge in [0.05, 0.1) is 18.4 Å². The summed E-state index contributed by atoms with van der Waals surface area (Å²) in [5, 5.41) is 0. The van der Waals surface area contributed by atoms with E-state index in [1.807, 2.05) is 7.05 Å². The number of ether oxygens (including phenoxy) is 1. The summed E-state index contributed by atoms with van der Waals surface area (Å²) < 4.78 is 4.83. The van der Waals surface area contributed by atoms with Gasteiger partial charge in [-0.3, -0.25) is 4.79 Å². The summed E-state index contributed by atoms with van der Waals surface area (Å²) in [4.78, 5) is 29.2. The highest BCUT2D eigenvalue weighted by Crippen LogP contribution is 2.66. The molecular weight excluding hydrogens is 244 g/mol. The number of fused-ring (bicyclic) bond motifs is 1. The van der Waals surface area contributed by atoms with Crippen molar-refractivity contribution in [2.24, 2.45) is 5.92 Å². The van der Waals surface area contributed by atoms with Crippen LogP contribution in [0.15, 0.2) is 18.0 Å². The molecule has 2 heterocycles. The Morgan fingerprint density at radius 1 is 1.58 bits per heavy atom. The molecule has 2 atom stereocenters. The molecule has 5 nitrogen and oxygen atoms in total. The second-order valence-electron chi connectivity index (χ2n) is 5.59. The quantitative estimate of drug-likeness (QED) is 0.766. The predicted molar refractivity (Wildman–Crippen MR) is 67.0 cm³/mol. The standard InChI is InChI=1S/C14H14N2O3/c1-16-6-7-4-14(7)10(16)3-9(17)12-11(14)8(5-15-12)13(18)19-2/h3,5,7,15H,4,6H2,1-2H3. The maximum absolute atomic E-state index is 12.2. The Labute approximate surface area is 110 Å². The zero-order valence-electron chi connectivity index (χ0n) is 10.8. The molecule has 2 fully saturated rings. The molecule has 19 heavy (non-hydrogen) atoms. The molecule has 2 aliphatic carbocycles. The minimum Gasteiger partial charge on any atom is -0.465 e. The second kappa shape index (κ2) is 3.10. The van der Waals surface area contributed by atoms with E-state index in [1.165, 1.54) is 7.11 Å². The number of likely N-dealkylation sites (tertiary alicyclic amines) is 1. The average Bonchev–Trinajstić information content (AvgIpc) is 2.80. The van der Waals surface area contributed by atoms with Crippen molar-refractivity contribution in [3.05, 3.63) is 34.8 Å². The van der Waals surface area contributed by atoms with Crippen LogP contribution in [0.3, 0.4) is 0 Å². The van der Waals surface area contributed by atoms with Gasteiger partial charge in [0.2, 0.25) is 5.78 Å². The maximum atomic E-state index is 12.2. The van der Waals surface area contributed by atoms with Crippen molar-refractivity contribution in [2.45, 2.75) is 11.8 Å². The number of carbonyl (C=O) groups excluding carboxylic acids is 2. The Kier molecular flexibility index (Phi) is 1.77. The lowest BCUT2D eigenvalue weighted by Gasteiger charge is -2.26. The lowest BCUT2D eigenvalue weighted by Crippen LogP contribution is -2.27. The number of hydrogen-bond acceptors (Lipinski definition) is 4. The number of nitrogens with zero attached hydrogens (tertiary/aromatic N) is 1. The van der Waals surface area contributed by atoms with Gasteiger partial charge in [0, 0.05) is 42.5 Å². The molecule has 2 unspecified atom stereocenters. The minimum atomic E-state index is -0.374. The fourth-order valence-electron chi connectivity index (χ4n) is 3.85. The first-order valence-electron chi connectivity index (χ1n) is 6.37. The van der Waals surface area contributed by atoms with E-state index >= 15 is 0 Å². The van der Waals surface area contributed by atoms with Crippen molar-refractivity contribution in [1.82, 2.24) is 9.88 Å². The third kappa shape index (κ3) is 1.07. The molecule has 1 aliphatic heterocycles. The Hall–Kier alpha value is -2.04. The van der Waals surface area contributed by atoms with E-state index in [9.17, 15) is 9.59 Å². The highest BCUT2D eigenvalue weighted by molar-refractivity contribution is 6.10. The van der Waals surface area contributed by atoms with Crippen LogP contribution in [0.2, 0.25) is 0 Å². The number of hydrogen-bond donors (Lipinski definition) is 1. The first kappa shape index (κ1) is 10.8. The van der Waals surface area contributed by atoms with Crippen LogP contribution in [0.4, 0.5) is 0 Å². The van der Waals surface area contributed by atoms with Crippen LogP contribution in [-0.4, -0.2) is 42.3 Å². The van der Waals surface area contributed by atoms with Crippen LogP contribution in [0.25, 0.3) is 0 Å². The van der Waals surface area contributed by atoms with Crippen molar-refractivity contribution in [2.75, 3.05) is 20.7 Å². The number of methoxy groups -OCH3 is 1. The van der Waals surface area contributed by atoms with Crippen LogP contribution >= 0.6 is 0 Å². The van der Waals surface area contributed by atoms with E-state index in [0.29, 0.717) is 17.2 Å². The summed E-state index contributed by atoms with van der Waals surface area (Å²) in [6.07, 6.45) is 4.34. The van der Waals surface area contributed by atoms with Gasteiger partial charge in [0.1, 0.15) is 0 Å². The average molecular weight is 258 g/mol. The predicted octanol–water partition coefficient (Wildman–Crippen LogP) is 1.08. The molecule has 0 aromatic carbocycles. The fraction of sp³-hybridized carbons (Fsp3) is 0.429. The third-order valence-electron chi connectivity index (χ3n) is 4.71. The molecule has 0 amide bonds. The minimum absolute atomic E-state index is 0.0508. The first-order chi connectivity index (χ1) is 9.09. The van der Waals surface area contributed by atoms with Crippen LogP contribution in [0, 0.1) is 5.92 Å². The maximum Gasteiger partial charge on any atom is 0.339 e. The summed E-state index contributed by atoms with van der Waals surface area (Å²) in [5.41, 5.74) is 2.86. The van der Waals surface area contributed by atoms with Gasteiger partial charge in [0.25, 0.3) is 0 Å². The van der Waals surface area contributed by atoms with Gasteiger partial charge < -0.3 is 14.6 Å². The summed E-state index contributed by atoms with van der Waals surface area (Å²) in [6, 6.07) is 0. The lowest BCUT2D eigenvalue weighted by atomic mass is 9.83. The molecule has 5 heteroatoms. The Morgan fingerprint density at radius 2 is 2.37 bits per heavy atom. The van der Waals surface area contributed by atoms with Gasteiger partial charge in [-0.05, 0) is 12.3 Å². The summed E-state index contributed by atoms with van der Waals surface area (Å²) in [7, 11) is 3.37. The molecule has 1 spiro atoms. The molecule has 1 N–H and O–H groups in total. The van der Waals surface area contributed by atoms with E-state index in [4.69, 9.17) is 4.74 Å². The van der Waals surface area contributed by atoms with Gasteiger partial charge in [-0.1, -0.05) is 0 Å². The molecule has 1 saturated carbocycles. The number of allylic oxidation sites excluding steroid dienone is 2. The van der Waals surface area contributed by atoms with Gasteiger partial charge >= 0.3 is 5.97 Å². The number of carbonyl (C=O) groups is 2. The molecule has 0 bridgehead atoms. The Balaban J connectivity index is 1.97. The Bertz CT molecular complexity index is 658. The van der Waals surface area contributed by atoms with Gasteiger partial charge in [-0.25, -0.2) is 4.79 Å². The van der Waals surface area contributed by atoms with Gasteiger partial charge in [-0.15, -0.1) is 0 Å². The van der Waals surface area contributed by atoms with Crippen molar-refractivity contribution in [3.63, 3.8) is 0 Å². The molecular formula is C14H14N2O3. The van der Waals surface area contributed by atoms with E-state index in [1.54, 1.807) is 12.3 Å². The number of aromatic nitrogens is 1. The molecule has 0 radical (unpaired) electrons. The number of rotatable bonds is 1. The zero-order valence-corrected chi connectivity index (χ0v) is 10.8. The van der Waals surface area contributed by atoms with E-state index in [-0.39, 0.29) is 17.2 Å². The number of H-pyrrole nitrogens is 1. The molecule has 1 saturated heterocycles. The van der Waals surface area contributed by atoms with Crippen molar-refractivity contribution < 1.29 is 14.3 Å². The number of esters is 1. The van der Waals surface area contributed by atoms with Crippen LogP contribution in [0.5, 0.6) is 0 Å². The highest BCUT2D eigenvalue weighted by atomic mass is 16.5. The van der Waals surface area contributed by atoms with Gasteiger partial charge in [0.15, 0.2) is 0 Å². The van der Waals surface area contributed by atoms with Crippen molar-refractivity contribution in [1.29, 1.82) is 0 Å². The molecule has 98 valence electrons. The lowest BCUT2D eigenvalue weighted by molar-refractivity contribution is 0.0599. The SMILES string of the molecule is COC(=O)c1c[nH]c2c1C13CC1CN(C)C3=CC2=O. The number of piperidine rings is 1. The third-order valence-corrected chi connectivity index (χ3v) is 4.71. The normalized spacial score (nSPS) is 30.4. The number of nitrogens with one attached hydrogen (secondary N) is 1. The topological polar surface area (TPSA) is 62.4 Å². The number of ketones is 1. The van der Waals surface area contributed by atoms with Crippen LogP contribution in [-0.2, 0) is 10.2 Å². The second-order valence-corrected chi connectivity index (χ2v) is 5.59. The van der Waals surface area contributed by atoms with Gasteiger partial charge in [-0.2, -0.15) is 0 Å². The molecule has 3 aliphatic rings. The molecule has 4 rings (SSSR count). The van der Waals surface area contributed by atoms with Crippen LogP contribution in [0.1, 0.15) is 32.8 Å². The van der Waals surface area contributed by atoms with Crippen molar-refractivity contribution >= 4 is 11.8 Å². The molecule has 1 aromatic heterocycles. The first-order valence-corrected chi connectivity index (χ1v) is 6.37.